The molecule has 6 nitrogen and oxygen atoms in total. The van der Waals surface area contributed by atoms with Gasteiger partial charge < -0.3 is 4.74 Å². The van der Waals surface area contributed by atoms with Crippen LogP contribution in [-0.2, 0) is 14.9 Å². The van der Waals surface area contributed by atoms with E-state index in [2.05, 4.69) is 4.74 Å². The van der Waals surface area contributed by atoms with Gasteiger partial charge in [-0.2, -0.15) is 8.42 Å². The molecule has 2 rings (SSSR count). The highest BCUT2D eigenvalue weighted by atomic mass is 32.2. The molecule has 1 N–H and O–H groups in total. The van der Waals surface area contributed by atoms with Crippen LogP contribution in [0.4, 0.5) is 0 Å². The highest BCUT2D eigenvalue weighted by Crippen LogP contribution is 2.26. The molecule has 1 aliphatic rings. The van der Waals surface area contributed by atoms with Crippen LogP contribution in [0.2, 0.25) is 0 Å². The van der Waals surface area contributed by atoms with Gasteiger partial charge in [0.1, 0.15) is 4.90 Å². The van der Waals surface area contributed by atoms with Crippen LogP contribution in [0.15, 0.2) is 23.1 Å². The average Bonchev–Trinajstić information content (AvgIpc) is 2.41. The first-order chi connectivity index (χ1) is 6.91. The predicted molar refractivity (Wildman–Crippen MR) is 46.0 cm³/mol. The van der Waals surface area contributed by atoms with Gasteiger partial charge in [0.15, 0.2) is 0 Å². The summed E-state index contributed by atoms with van der Waals surface area (Å²) in [5.74, 6) is -1.98. The molecule has 0 saturated carbocycles. The van der Waals surface area contributed by atoms with E-state index in [0.29, 0.717) is 0 Å². The van der Waals surface area contributed by atoms with E-state index in [1.165, 1.54) is 12.1 Å². The molecular weight excluding hydrogens is 224 g/mol. The molecule has 7 heteroatoms. The minimum Gasteiger partial charge on any atom is -0.386 e. The number of benzene rings is 1. The number of rotatable bonds is 1. The van der Waals surface area contributed by atoms with Gasteiger partial charge in [-0.25, -0.2) is 9.59 Å². The Morgan fingerprint density at radius 1 is 1.13 bits per heavy atom. The summed E-state index contributed by atoms with van der Waals surface area (Å²) >= 11 is 0. The van der Waals surface area contributed by atoms with E-state index in [1.54, 1.807) is 0 Å². The Balaban J connectivity index is 2.83. The summed E-state index contributed by atoms with van der Waals surface area (Å²) in [5.41, 5.74) is -0.569. The molecule has 0 radical (unpaired) electrons. The molecule has 0 aliphatic carbocycles. The zero-order chi connectivity index (χ0) is 11.2. The molecule has 0 fully saturated rings. The number of fused-ring (bicyclic) bond motifs is 1. The Morgan fingerprint density at radius 2 is 1.80 bits per heavy atom. The van der Waals surface area contributed by atoms with Crippen LogP contribution in [0.5, 0.6) is 0 Å². The van der Waals surface area contributed by atoms with Gasteiger partial charge in [-0.3, -0.25) is 4.55 Å². The fraction of sp³-hybridized carbons (Fsp3) is 0. The topological polar surface area (TPSA) is 97.7 Å². The van der Waals surface area contributed by atoms with Gasteiger partial charge in [0.05, 0.1) is 11.1 Å². The molecule has 0 bridgehead atoms. The minimum absolute atomic E-state index is 0.157. The highest BCUT2D eigenvalue weighted by Gasteiger charge is 2.35. The second-order valence-electron chi connectivity index (χ2n) is 2.83. The molecule has 0 aromatic heterocycles. The molecule has 15 heavy (non-hydrogen) atoms. The molecular formula is C8H4O6S. The van der Waals surface area contributed by atoms with Crippen LogP contribution in [0, 0.1) is 0 Å². The molecule has 0 spiro atoms. The molecule has 1 aromatic rings. The summed E-state index contributed by atoms with van der Waals surface area (Å²) in [4.78, 5) is 21.5. The molecule has 1 heterocycles. The average molecular weight is 228 g/mol. The monoisotopic (exact) mass is 228 g/mol. The Bertz CT molecular complexity index is 571. The zero-order valence-corrected chi connectivity index (χ0v) is 7.95. The number of esters is 2. The van der Waals surface area contributed by atoms with E-state index >= 15 is 0 Å². The van der Waals surface area contributed by atoms with Crippen molar-refractivity contribution in [3.63, 3.8) is 0 Å². The SMILES string of the molecule is O=C1OC(=O)c2c1cccc2S(=O)(=O)O. The number of hydrogen-bond acceptors (Lipinski definition) is 5. The number of ether oxygens (including phenoxy) is 1. The lowest BCUT2D eigenvalue weighted by molar-refractivity contribution is 0.0442. The van der Waals surface area contributed by atoms with Gasteiger partial charge in [-0.05, 0) is 12.1 Å². The maximum atomic E-state index is 11.1. The highest BCUT2D eigenvalue weighted by molar-refractivity contribution is 7.86. The Morgan fingerprint density at radius 3 is 2.40 bits per heavy atom. The van der Waals surface area contributed by atoms with E-state index in [0.717, 1.165) is 6.07 Å². The lowest BCUT2D eigenvalue weighted by atomic mass is 10.1. The van der Waals surface area contributed by atoms with Crippen LogP contribution in [0.3, 0.4) is 0 Å². The molecule has 1 aliphatic heterocycles. The molecule has 0 amide bonds. The maximum absolute atomic E-state index is 11.1. The smallest absolute Gasteiger partial charge is 0.348 e. The summed E-state index contributed by atoms with van der Waals surface area (Å²) in [6, 6.07) is 3.51. The van der Waals surface area contributed by atoms with E-state index < -0.39 is 32.5 Å². The maximum Gasteiger partial charge on any atom is 0.348 e. The van der Waals surface area contributed by atoms with Crippen LogP contribution >= 0.6 is 0 Å². The lowest BCUT2D eigenvalue weighted by Crippen LogP contribution is -2.06. The Hall–Kier alpha value is -1.73. The molecule has 0 saturated heterocycles. The van der Waals surface area contributed by atoms with Crippen molar-refractivity contribution in [2.24, 2.45) is 0 Å². The normalized spacial score (nSPS) is 15.0. The Labute approximate surface area is 84.2 Å². The van der Waals surface area contributed by atoms with Gasteiger partial charge in [0, 0.05) is 0 Å². The van der Waals surface area contributed by atoms with Gasteiger partial charge in [-0.1, -0.05) is 6.07 Å². The van der Waals surface area contributed by atoms with E-state index in [4.69, 9.17) is 4.55 Å². The van der Waals surface area contributed by atoms with Crippen molar-refractivity contribution in [1.29, 1.82) is 0 Å². The number of hydrogen-bond donors (Lipinski definition) is 1. The third-order valence-electron chi connectivity index (χ3n) is 1.91. The third kappa shape index (κ3) is 1.41. The Kier molecular flexibility index (Phi) is 1.88. The molecule has 1 aromatic carbocycles. The van der Waals surface area contributed by atoms with Crippen molar-refractivity contribution >= 4 is 22.1 Å². The zero-order valence-electron chi connectivity index (χ0n) is 7.13. The van der Waals surface area contributed by atoms with Crippen LogP contribution in [-0.4, -0.2) is 24.9 Å². The molecule has 0 unspecified atom stereocenters. The van der Waals surface area contributed by atoms with Crippen LogP contribution < -0.4 is 0 Å². The summed E-state index contributed by atoms with van der Waals surface area (Å²) in [6.07, 6.45) is 0. The fourth-order valence-electron chi connectivity index (χ4n) is 1.32. The van der Waals surface area contributed by atoms with Crippen molar-refractivity contribution < 1.29 is 27.3 Å². The summed E-state index contributed by atoms with van der Waals surface area (Å²) < 4.78 is 34.8. The second kappa shape index (κ2) is 2.88. The lowest BCUT2D eigenvalue weighted by Gasteiger charge is -1.99. The number of carbonyl (C=O) groups is 2. The largest absolute Gasteiger partial charge is 0.386 e. The van der Waals surface area contributed by atoms with Crippen molar-refractivity contribution in [3.05, 3.63) is 29.3 Å². The van der Waals surface area contributed by atoms with Gasteiger partial charge in [0.25, 0.3) is 10.1 Å². The van der Waals surface area contributed by atoms with Crippen molar-refractivity contribution in [1.82, 2.24) is 0 Å². The first-order valence-corrected chi connectivity index (χ1v) is 5.22. The van der Waals surface area contributed by atoms with Crippen LogP contribution in [0.25, 0.3) is 0 Å². The van der Waals surface area contributed by atoms with E-state index in [1.807, 2.05) is 0 Å². The third-order valence-corrected chi connectivity index (χ3v) is 2.81. The van der Waals surface area contributed by atoms with Gasteiger partial charge in [0.2, 0.25) is 0 Å². The van der Waals surface area contributed by atoms with Gasteiger partial charge >= 0.3 is 11.9 Å². The minimum atomic E-state index is -4.54. The number of cyclic esters (lactones) is 2. The number of carbonyl (C=O) groups excluding carboxylic acids is 2. The quantitative estimate of drug-likeness (QED) is 0.420. The van der Waals surface area contributed by atoms with E-state index in [9.17, 15) is 18.0 Å². The molecule has 78 valence electrons. The first kappa shape index (κ1) is 9.81. The predicted octanol–water partition coefficient (Wildman–Crippen LogP) is 0.244. The standard InChI is InChI=1S/C8H4O6S/c9-7-4-2-1-3-5(15(11,12)13)6(4)8(10)14-7/h1-3H,(H,11,12,13). The second-order valence-corrected chi connectivity index (χ2v) is 4.22. The van der Waals surface area contributed by atoms with Crippen LogP contribution in [0.1, 0.15) is 20.7 Å². The first-order valence-electron chi connectivity index (χ1n) is 3.78. The molecule has 0 atom stereocenters. The summed E-state index contributed by atoms with van der Waals surface area (Å²) in [6.45, 7) is 0. The van der Waals surface area contributed by atoms with E-state index in [-0.39, 0.29) is 5.56 Å². The summed E-state index contributed by atoms with van der Waals surface area (Å²) in [5, 5.41) is 0. The van der Waals surface area contributed by atoms with Crippen molar-refractivity contribution in [2.75, 3.05) is 0 Å². The van der Waals surface area contributed by atoms with Gasteiger partial charge in [-0.15, -0.1) is 0 Å². The summed E-state index contributed by atoms with van der Waals surface area (Å²) in [7, 11) is -4.54. The fourth-order valence-corrected chi connectivity index (χ4v) is 2.02. The van der Waals surface area contributed by atoms with Crippen molar-refractivity contribution in [3.8, 4) is 0 Å². The van der Waals surface area contributed by atoms with Crippen molar-refractivity contribution in [2.45, 2.75) is 4.90 Å².